The van der Waals surface area contributed by atoms with Crippen LogP contribution in [0.3, 0.4) is 0 Å². The highest BCUT2D eigenvalue weighted by atomic mass is 16.5. The molecule has 0 radical (unpaired) electrons. The van der Waals surface area contributed by atoms with E-state index in [0.29, 0.717) is 44.2 Å². The Kier molecular flexibility index (Phi) is 9.75. The van der Waals surface area contributed by atoms with Crippen LogP contribution in [0.1, 0.15) is 41.4 Å². The van der Waals surface area contributed by atoms with Gasteiger partial charge in [0, 0.05) is 22.3 Å². The molecule has 0 aliphatic rings. The number of hydrogen-bond acceptors (Lipinski definition) is 8. The zero-order chi connectivity index (χ0) is 37.9. The maximum atomic E-state index is 13.8. The molecular weight excluding hydrogens is 680 g/mol. The number of fused-ring (bicyclic) bond motifs is 2. The van der Waals surface area contributed by atoms with E-state index in [1.807, 2.05) is 133 Å². The number of hydrogen-bond donors (Lipinski definition) is 0. The molecule has 0 fully saturated rings. The number of ether oxygens (including phenoxy) is 4. The summed E-state index contributed by atoms with van der Waals surface area (Å²) in [6, 6.07) is 41.0. The number of methoxy groups -OCH3 is 4. The Morgan fingerprint density at radius 3 is 0.722 bits per heavy atom. The van der Waals surface area contributed by atoms with Crippen molar-refractivity contribution in [3.05, 3.63) is 156 Å². The first-order chi connectivity index (χ1) is 26.3. The standard InChI is InChI=1S/C46H34O8/c1-51-43(47)39-35(27-15-7-5-8-16-27)31-19-11-13-21-33(31)37(41(39)45(49)53-3)29-23-25-30(26-24-29)38-34-22-14-12-20-32(34)36(28-17-9-6-10-18-28)40(44(48)52-2)42(38)46(50)54-4/h5-26H,1-4H3. The molecule has 0 saturated carbocycles. The second kappa shape index (κ2) is 14.9. The summed E-state index contributed by atoms with van der Waals surface area (Å²) in [6.45, 7) is 0. The third-order valence-electron chi connectivity index (χ3n) is 9.58. The molecule has 0 heterocycles. The van der Waals surface area contributed by atoms with E-state index < -0.39 is 23.9 Å². The van der Waals surface area contributed by atoms with Crippen LogP contribution in [0.2, 0.25) is 0 Å². The first kappa shape index (κ1) is 35.3. The van der Waals surface area contributed by atoms with E-state index in [1.54, 1.807) is 0 Å². The summed E-state index contributed by atoms with van der Waals surface area (Å²) in [5.41, 5.74) is 4.92. The maximum Gasteiger partial charge on any atom is 0.339 e. The summed E-state index contributed by atoms with van der Waals surface area (Å²) in [6.07, 6.45) is 0. The highest BCUT2D eigenvalue weighted by Gasteiger charge is 2.33. The van der Waals surface area contributed by atoms with Crippen LogP contribution in [0.25, 0.3) is 66.1 Å². The quantitative estimate of drug-likeness (QED) is 0.113. The molecule has 0 unspecified atom stereocenters. The molecule has 0 atom stereocenters. The Morgan fingerprint density at radius 1 is 0.296 bits per heavy atom. The van der Waals surface area contributed by atoms with E-state index in [9.17, 15) is 19.2 Å². The van der Waals surface area contributed by atoms with Crippen molar-refractivity contribution in [3.63, 3.8) is 0 Å². The molecule has 54 heavy (non-hydrogen) atoms. The molecule has 0 aliphatic heterocycles. The van der Waals surface area contributed by atoms with Gasteiger partial charge in [-0.25, -0.2) is 19.2 Å². The summed E-state index contributed by atoms with van der Waals surface area (Å²) in [5, 5.41) is 2.87. The Bertz CT molecular complexity index is 2410. The fraction of sp³-hybridized carbons (Fsp3) is 0.0870. The van der Waals surface area contributed by atoms with Gasteiger partial charge in [0.15, 0.2) is 0 Å². The van der Waals surface area contributed by atoms with Gasteiger partial charge in [0.25, 0.3) is 0 Å². The van der Waals surface area contributed by atoms with Crippen LogP contribution < -0.4 is 0 Å². The molecule has 0 amide bonds. The monoisotopic (exact) mass is 714 g/mol. The predicted molar refractivity (Wildman–Crippen MR) is 209 cm³/mol. The first-order valence-corrected chi connectivity index (χ1v) is 17.1. The predicted octanol–water partition coefficient (Wildman–Crippen LogP) is 9.81. The molecule has 8 heteroatoms. The molecule has 8 nitrogen and oxygen atoms in total. The first-order valence-electron chi connectivity index (χ1n) is 17.1. The molecule has 0 N–H and O–H groups in total. The molecule has 0 saturated heterocycles. The third-order valence-corrected chi connectivity index (χ3v) is 9.58. The van der Waals surface area contributed by atoms with E-state index in [4.69, 9.17) is 18.9 Å². The third kappa shape index (κ3) is 5.93. The van der Waals surface area contributed by atoms with Crippen LogP contribution in [0.15, 0.2) is 133 Å². The lowest BCUT2D eigenvalue weighted by molar-refractivity contribution is 0.0557. The molecule has 0 spiro atoms. The van der Waals surface area contributed by atoms with Crippen LogP contribution in [0.4, 0.5) is 0 Å². The van der Waals surface area contributed by atoms with Crippen molar-refractivity contribution in [2.24, 2.45) is 0 Å². The van der Waals surface area contributed by atoms with Crippen molar-refractivity contribution in [1.29, 1.82) is 0 Å². The maximum absolute atomic E-state index is 13.8. The van der Waals surface area contributed by atoms with Crippen molar-refractivity contribution in [2.75, 3.05) is 28.4 Å². The minimum atomic E-state index is -0.712. The largest absolute Gasteiger partial charge is 0.465 e. The summed E-state index contributed by atoms with van der Waals surface area (Å²) >= 11 is 0. The SMILES string of the molecule is COC(=O)c1c(C(=O)OC)c(-c2ccc(-c3c(C(=O)OC)c(C(=O)OC)c(-c4ccccc4)c4ccccc34)cc2)c2ccccc2c1-c1ccccc1. The summed E-state index contributed by atoms with van der Waals surface area (Å²) in [5.74, 6) is -2.81. The van der Waals surface area contributed by atoms with Crippen LogP contribution in [0, 0.1) is 0 Å². The summed E-state index contributed by atoms with van der Waals surface area (Å²) in [4.78, 5) is 55.0. The number of carbonyl (C=O) groups is 4. The second-order valence-electron chi connectivity index (χ2n) is 12.4. The van der Waals surface area contributed by atoms with Crippen LogP contribution in [-0.4, -0.2) is 52.3 Å². The lowest BCUT2D eigenvalue weighted by Crippen LogP contribution is -2.16. The van der Waals surface area contributed by atoms with Gasteiger partial charge in [0.1, 0.15) is 0 Å². The zero-order valence-electron chi connectivity index (χ0n) is 30.0. The lowest BCUT2D eigenvalue weighted by atomic mass is 9.82. The topological polar surface area (TPSA) is 105 Å². The fourth-order valence-corrected chi connectivity index (χ4v) is 7.31. The van der Waals surface area contributed by atoms with Gasteiger partial charge < -0.3 is 18.9 Å². The average molecular weight is 715 g/mol. The van der Waals surface area contributed by atoms with E-state index in [0.717, 1.165) is 21.9 Å². The Hall–Kier alpha value is -7.06. The summed E-state index contributed by atoms with van der Waals surface area (Å²) < 4.78 is 21.2. The highest BCUT2D eigenvalue weighted by Crippen LogP contribution is 2.46. The number of esters is 4. The molecular formula is C46H34O8. The number of carbonyl (C=O) groups excluding carboxylic acids is 4. The van der Waals surface area contributed by atoms with Gasteiger partial charge in [-0.3, -0.25) is 0 Å². The molecule has 0 aliphatic carbocycles. The normalized spacial score (nSPS) is 10.9. The number of rotatable bonds is 8. The fourth-order valence-electron chi connectivity index (χ4n) is 7.31. The van der Waals surface area contributed by atoms with E-state index in [-0.39, 0.29) is 22.3 Å². The second-order valence-corrected chi connectivity index (χ2v) is 12.4. The van der Waals surface area contributed by atoms with Crippen molar-refractivity contribution in [1.82, 2.24) is 0 Å². The molecule has 7 rings (SSSR count). The molecule has 266 valence electrons. The highest BCUT2D eigenvalue weighted by molar-refractivity contribution is 6.23. The van der Waals surface area contributed by atoms with Gasteiger partial charge in [0.05, 0.1) is 50.7 Å². The van der Waals surface area contributed by atoms with Gasteiger partial charge in [0.2, 0.25) is 0 Å². The van der Waals surface area contributed by atoms with Crippen molar-refractivity contribution in [3.8, 4) is 44.5 Å². The van der Waals surface area contributed by atoms with Gasteiger partial charge >= 0.3 is 23.9 Å². The Balaban J connectivity index is 1.56. The van der Waals surface area contributed by atoms with Gasteiger partial charge in [-0.1, -0.05) is 133 Å². The van der Waals surface area contributed by atoms with Crippen molar-refractivity contribution in [2.45, 2.75) is 0 Å². The van der Waals surface area contributed by atoms with Crippen LogP contribution in [0.5, 0.6) is 0 Å². The van der Waals surface area contributed by atoms with E-state index in [1.165, 1.54) is 28.4 Å². The van der Waals surface area contributed by atoms with Gasteiger partial charge in [-0.15, -0.1) is 0 Å². The zero-order valence-corrected chi connectivity index (χ0v) is 30.0. The Labute approximate surface area is 311 Å². The molecule has 0 bridgehead atoms. The molecule has 7 aromatic carbocycles. The van der Waals surface area contributed by atoms with E-state index in [2.05, 4.69) is 0 Å². The van der Waals surface area contributed by atoms with Gasteiger partial charge in [-0.2, -0.15) is 0 Å². The minimum absolute atomic E-state index is 0.0514. The van der Waals surface area contributed by atoms with E-state index >= 15 is 0 Å². The summed E-state index contributed by atoms with van der Waals surface area (Å²) in [7, 11) is 5.09. The lowest BCUT2D eigenvalue weighted by Gasteiger charge is -2.22. The molecule has 0 aromatic heterocycles. The average Bonchev–Trinajstić information content (AvgIpc) is 3.24. The molecule has 7 aromatic rings. The minimum Gasteiger partial charge on any atom is -0.465 e. The van der Waals surface area contributed by atoms with Gasteiger partial charge in [-0.05, 0) is 43.8 Å². The van der Waals surface area contributed by atoms with Crippen molar-refractivity contribution >= 4 is 45.4 Å². The van der Waals surface area contributed by atoms with Crippen LogP contribution in [-0.2, 0) is 18.9 Å². The Morgan fingerprint density at radius 2 is 0.500 bits per heavy atom. The number of benzene rings is 7. The smallest absolute Gasteiger partial charge is 0.339 e. The van der Waals surface area contributed by atoms with Crippen molar-refractivity contribution < 1.29 is 38.1 Å². The van der Waals surface area contributed by atoms with Crippen LogP contribution >= 0.6 is 0 Å².